The van der Waals surface area contributed by atoms with E-state index in [1.165, 1.54) is 257 Å². The summed E-state index contributed by atoms with van der Waals surface area (Å²) in [6.45, 7) is 7.15. The van der Waals surface area contributed by atoms with Crippen molar-refractivity contribution >= 4 is 29.8 Å². The van der Waals surface area contributed by atoms with Crippen LogP contribution in [-0.2, 0) is 47.7 Å². The van der Waals surface area contributed by atoms with E-state index in [2.05, 4.69) is 27.7 Å². The van der Waals surface area contributed by atoms with Crippen LogP contribution < -0.4 is 0 Å². The molecule has 0 radical (unpaired) electrons. The van der Waals surface area contributed by atoms with Crippen LogP contribution >= 0.6 is 0 Å². The van der Waals surface area contributed by atoms with E-state index in [-0.39, 0.29) is 26.1 Å². The van der Waals surface area contributed by atoms with E-state index >= 15 is 0 Å². The Labute approximate surface area is 548 Å². The minimum atomic E-state index is -2.58. The first-order chi connectivity index (χ1) is 43.5. The molecule has 12 heteroatoms. The molecule has 1 atom stereocenters. The number of carbonyl (C=O) groups excluding carboxylic acids is 5. The average molecular weight is 1260 g/mol. The van der Waals surface area contributed by atoms with E-state index < -0.39 is 80.1 Å². The molecule has 0 aromatic heterocycles. The number of ether oxygens (including phenoxy) is 5. The molecule has 0 spiro atoms. The number of carbonyl (C=O) groups is 5. The summed E-state index contributed by atoms with van der Waals surface area (Å²) in [4.78, 5) is 67.1. The second-order valence-corrected chi connectivity index (χ2v) is 27.3. The molecule has 0 amide bonds. The fraction of sp³-hybridized carbons (Fsp3) is 0.935. The van der Waals surface area contributed by atoms with Gasteiger partial charge >= 0.3 is 29.8 Å². The van der Waals surface area contributed by atoms with Gasteiger partial charge in [-0.1, -0.05) is 362 Å². The molecule has 526 valence electrons. The van der Waals surface area contributed by atoms with Crippen molar-refractivity contribution in [1.29, 1.82) is 0 Å². The second kappa shape index (κ2) is 66.7. The number of rotatable bonds is 72. The fourth-order valence-corrected chi connectivity index (χ4v) is 11.9. The summed E-state index contributed by atoms with van der Waals surface area (Å²) in [6, 6.07) is 0. The minimum Gasteiger partial charge on any atom is -0.466 e. The van der Waals surface area contributed by atoms with Gasteiger partial charge < -0.3 is 33.9 Å². The van der Waals surface area contributed by atoms with Gasteiger partial charge in [-0.2, -0.15) is 0 Å². The quantitative estimate of drug-likeness (QED) is 0.0336. The Balaban J connectivity index is 5.56. The molecule has 0 aromatic rings. The zero-order chi connectivity index (χ0) is 65.1. The number of hydrogen-bond acceptors (Lipinski definition) is 12. The first-order valence-electron chi connectivity index (χ1n) is 38.6. The van der Waals surface area contributed by atoms with Gasteiger partial charge in [0.2, 0.25) is 0 Å². The molecule has 0 aliphatic rings. The van der Waals surface area contributed by atoms with E-state index in [0.717, 1.165) is 77.0 Å². The summed E-state index contributed by atoms with van der Waals surface area (Å²) >= 11 is 0. The lowest BCUT2D eigenvalue weighted by atomic mass is 9.92. The van der Waals surface area contributed by atoms with Crippen LogP contribution in [0.15, 0.2) is 0 Å². The maximum absolute atomic E-state index is 13.8. The van der Waals surface area contributed by atoms with Crippen molar-refractivity contribution in [2.75, 3.05) is 39.6 Å². The first-order valence-corrected chi connectivity index (χ1v) is 38.6. The number of aliphatic hydroxyl groups is 2. The van der Waals surface area contributed by atoms with Crippen LogP contribution in [0.5, 0.6) is 0 Å². The summed E-state index contributed by atoms with van der Waals surface area (Å²) < 4.78 is 28.2. The Bertz CT molecular complexity index is 1530. The van der Waals surface area contributed by atoms with Crippen LogP contribution in [0, 0.1) is 5.41 Å². The largest absolute Gasteiger partial charge is 0.466 e. The molecule has 2 N–H and O–H groups in total. The molecule has 0 heterocycles. The lowest BCUT2D eigenvalue weighted by Crippen LogP contribution is -2.46. The Morgan fingerprint density at radius 2 is 0.461 bits per heavy atom. The van der Waals surface area contributed by atoms with E-state index in [1.54, 1.807) is 0 Å². The Morgan fingerprint density at radius 3 is 0.708 bits per heavy atom. The van der Waals surface area contributed by atoms with Gasteiger partial charge in [0, 0.05) is 12.8 Å². The molecule has 0 rings (SSSR count). The standard InChI is InChI=1S/C77H146O12/c1-5-9-13-17-21-25-29-33-35-37-39-43-47-51-55-59-63-85-73(81)65-77(84,75(83)86-64-60-56-52-48-44-40-38-36-34-30-26-22-18-14-10-6-2)66-74(82)89-70-76(67-78,68-87-71(79)61-57-53-49-45-41-31-27-23-19-15-11-7-3)69-88-72(80)62-58-54-50-46-42-32-28-24-20-16-12-8-4/h78,84H,5-70H2,1-4H3. The van der Waals surface area contributed by atoms with Crippen molar-refractivity contribution < 1.29 is 57.9 Å². The van der Waals surface area contributed by atoms with Gasteiger partial charge in [-0.05, 0) is 25.7 Å². The van der Waals surface area contributed by atoms with Crippen LogP contribution in [-0.4, -0.2) is 85.3 Å². The molecule has 0 aliphatic carbocycles. The third kappa shape index (κ3) is 58.8. The third-order valence-corrected chi connectivity index (χ3v) is 18.2. The molecule has 12 nitrogen and oxygen atoms in total. The van der Waals surface area contributed by atoms with Crippen LogP contribution in [0.1, 0.15) is 413 Å². The average Bonchev–Trinajstić information content (AvgIpc) is 3.28. The zero-order valence-electron chi connectivity index (χ0n) is 59.1. The monoisotopic (exact) mass is 1260 g/mol. The van der Waals surface area contributed by atoms with Crippen molar-refractivity contribution in [3.05, 3.63) is 0 Å². The number of unbranched alkanes of at least 4 members (excludes halogenated alkanes) is 52. The molecular formula is C77H146O12. The molecule has 0 aliphatic heterocycles. The Hall–Kier alpha value is -2.73. The van der Waals surface area contributed by atoms with Gasteiger partial charge in [-0.3, -0.25) is 19.2 Å². The highest BCUT2D eigenvalue weighted by Crippen LogP contribution is 2.26. The SMILES string of the molecule is CCCCCCCCCCCCCCCCCCOC(=O)CC(O)(CC(=O)OCC(CO)(COC(=O)CCCCCCCCCCCCCC)COC(=O)CCCCCCCCCCCCCC)C(=O)OCCCCCCCCCCCCCCCCCC. The number of hydrogen-bond donors (Lipinski definition) is 2. The second-order valence-electron chi connectivity index (χ2n) is 27.3. The predicted molar refractivity (Wildman–Crippen MR) is 369 cm³/mol. The van der Waals surface area contributed by atoms with E-state index in [4.69, 9.17) is 23.7 Å². The van der Waals surface area contributed by atoms with Crippen molar-refractivity contribution in [3.8, 4) is 0 Å². The molecule has 0 fully saturated rings. The highest BCUT2D eigenvalue weighted by molar-refractivity contribution is 5.90. The van der Waals surface area contributed by atoms with Crippen molar-refractivity contribution in [3.63, 3.8) is 0 Å². The zero-order valence-corrected chi connectivity index (χ0v) is 59.1. The normalized spacial score (nSPS) is 12.3. The van der Waals surface area contributed by atoms with E-state index in [9.17, 15) is 34.2 Å². The molecule has 0 bridgehead atoms. The van der Waals surface area contributed by atoms with Gasteiger partial charge in [0.25, 0.3) is 0 Å². The molecule has 89 heavy (non-hydrogen) atoms. The van der Waals surface area contributed by atoms with Crippen LogP contribution in [0.25, 0.3) is 0 Å². The summed E-state index contributed by atoms with van der Waals surface area (Å²) in [5.41, 5.74) is -4.10. The number of esters is 5. The maximum atomic E-state index is 13.8. The summed E-state index contributed by atoms with van der Waals surface area (Å²) in [5.74, 6) is -3.92. The topological polar surface area (TPSA) is 172 Å². The van der Waals surface area contributed by atoms with E-state index in [0.29, 0.717) is 25.7 Å². The van der Waals surface area contributed by atoms with E-state index in [1.807, 2.05) is 0 Å². The van der Waals surface area contributed by atoms with Gasteiger partial charge in [-0.15, -0.1) is 0 Å². The van der Waals surface area contributed by atoms with Crippen LogP contribution in [0.2, 0.25) is 0 Å². The molecule has 1 unspecified atom stereocenters. The Morgan fingerprint density at radius 1 is 0.258 bits per heavy atom. The van der Waals surface area contributed by atoms with Crippen LogP contribution in [0.4, 0.5) is 0 Å². The van der Waals surface area contributed by atoms with Gasteiger partial charge in [0.05, 0.1) is 38.1 Å². The molecular weight excluding hydrogens is 1120 g/mol. The summed E-state index contributed by atoms with van der Waals surface area (Å²) in [5, 5.41) is 22.8. The minimum absolute atomic E-state index is 0.0196. The van der Waals surface area contributed by atoms with Crippen molar-refractivity contribution in [1.82, 2.24) is 0 Å². The predicted octanol–water partition coefficient (Wildman–Crippen LogP) is 21.9. The summed E-state index contributed by atoms with van der Waals surface area (Å²) in [6.07, 6.45) is 65.1. The van der Waals surface area contributed by atoms with Crippen molar-refractivity contribution in [2.24, 2.45) is 5.41 Å². The van der Waals surface area contributed by atoms with Crippen LogP contribution in [0.3, 0.4) is 0 Å². The highest BCUT2D eigenvalue weighted by Gasteiger charge is 2.44. The Kier molecular flexibility index (Phi) is 64.7. The smallest absolute Gasteiger partial charge is 0.339 e. The molecule has 0 aromatic carbocycles. The lowest BCUT2D eigenvalue weighted by molar-refractivity contribution is -0.180. The van der Waals surface area contributed by atoms with Gasteiger partial charge in [0.1, 0.15) is 19.8 Å². The molecule has 0 saturated carbocycles. The van der Waals surface area contributed by atoms with Gasteiger partial charge in [0.15, 0.2) is 5.60 Å². The molecule has 0 saturated heterocycles. The first kappa shape index (κ1) is 86.3. The maximum Gasteiger partial charge on any atom is 0.339 e. The van der Waals surface area contributed by atoms with Gasteiger partial charge in [-0.25, -0.2) is 4.79 Å². The van der Waals surface area contributed by atoms with Crippen molar-refractivity contribution in [2.45, 2.75) is 419 Å². The lowest BCUT2D eigenvalue weighted by Gasteiger charge is -2.31. The summed E-state index contributed by atoms with van der Waals surface area (Å²) in [7, 11) is 0. The number of aliphatic hydroxyl groups excluding tert-OH is 1. The highest BCUT2D eigenvalue weighted by atomic mass is 16.6. The third-order valence-electron chi connectivity index (χ3n) is 18.2. The fourth-order valence-electron chi connectivity index (χ4n) is 11.9.